The van der Waals surface area contributed by atoms with Crippen LogP contribution in [0.4, 0.5) is 4.79 Å². The van der Waals surface area contributed by atoms with E-state index in [0.29, 0.717) is 0 Å². The molecule has 1 N–H and O–H groups in total. The molecule has 0 fully saturated rings. The lowest BCUT2D eigenvalue weighted by Gasteiger charge is -2.23. The molecule has 0 aromatic rings. The second kappa shape index (κ2) is 5.20. The lowest BCUT2D eigenvalue weighted by Crippen LogP contribution is -2.42. The van der Waals surface area contributed by atoms with E-state index in [4.69, 9.17) is 4.74 Å². The first-order valence-corrected chi connectivity index (χ1v) is 4.85. The molecule has 0 aromatic carbocycles. The van der Waals surface area contributed by atoms with Crippen LogP contribution in [-0.4, -0.2) is 43.3 Å². The number of hydrogen-bond acceptors (Lipinski definition) is 3. The average Bonchev–Trinajstić information content (AvgIpc) is 1.77. The molecule has 1 amide bonds. The van der Waals surface area contributed by atoms with Crippen LogP contribution in [0.25, 0.3) is 0 Å². The Balaban J connectivity index is 3.83. The molecule has 0 rings (SSSR count). The van der Waals surface area contributed by atoms with Crippen molar-refractivity contribution in [2.24, 2.45) is 0 Å². The number of likely N-dealkylation sites (N-methyl/N-ethyl adjacent to an activating group) is 1. The largest absolute Gasteiger partial charge is 0.444 e. The normalized spacial score (nSPS) is 13.9. The predicted octanol–water partition coefficient (Wildman–Crippen LogP) is 1.46. The number of ether oxygens (including phenoxy) is 1. The Kier molecular flexibility index (Phi) is 4.91. The van der Waals surface area contributed by atoms with Gasteiger partial charge in [-0.1, -0.05) is 0 Å². The average molecular weight is 202 g/mol. The highest BCUT2D eigenvalue weighted by Gasteiger charge is 2.17. The van der Waals surface area contributed by atoms with Crippen molar-refractivity contribution in [1.82, 2.24) is 10.2 Å². The van der Waals surface area contributed by atoms with Crippen LogP contribution in [0.3, 0.4) is 0 Å². The van der Waals surface area contributed by atoms with E-state index in [9.17, 15) is 4.79 Å². The summed E-state index contributed by atoms with van der Waals surface area (Å²) < 4.78 is 5.12. The maximum Gasteiger partial charge on any atom is 0.407 e. The van der Waals surface area contributed by atoms with E-state index < -0.39 is 5.60 Å². The van der Waals surface area contributed by atoms with Gasteiger partial charge in [0.1, 0.15) is 5.60 Å². The topological polar surface area (TPSA) is 41.6 Å². The summed E-state index contributed by atoms with van der Waals surface area (Å²) in [5.41, 5.74) is -0.429. The first-order valence-electron chi connectivity index (χ1n) is 4.85. The zero-order valence-electron chi connectivity index (χ0n) is 10.0. The molecule has 1 atom stereocenters. The van der Waals surface area contributed by atoms with Gasteiger partial charge in [0, 0.05) is 12.6 Å². The van der Waals surface area contributed by atoms with Gasteiger partial charge in [-0.05, 0) is 41.8 Å². The first kappa shape index (κ1) is 13.2. The van der Waals surface area contributed by atoms with E-state index in [1.165, 1.54) is 0 Å². The van der Waals surface area contributed by atoms with Gasteiger partial charge >= 0.3 is 6.09 Å². The third-order valence-corrected chi connectivity index (χ3v) is 1.40. The van der Waals surface area contributed by atoms with Crippen molar-refractivity contribution in [1.29, 1.82) is 0 Å². The van der Waals surface area contributed by atoms with Gasteiger partial charge < -0.3 is 15.0 Å². The number of rotatable bonds is 3. The lowest BCUT2D eigenvalue weighted by molar-refractivity contribution is 0.0502. The summed E-state index contributed by atoms with van der Waals surface area (Å²) in [6, 6.07) is 0.0971. The molecule has 0 heterocycles. The predicted molar refractivity (Wildman–Crippen MR) is 57.4 cm³/mol. The molecule has 0 aliphatic heterocycles. The van der Waals surface area contributed by atoms with E-state index in [2.05, 4.69) is 5.32 Å². The minimum atomic E-state index is -0.429. The lowest BCUT2D eigenvalue weighted by atomic mass is 10.2. The van der Waals surface area contributed by atoms with E-state index in [1.807, 2.05) is 46.7 Å². The zero-order chi connectivity index (χ0) is 11.4. The molecule has 0 bridgehead atoms. The van der Waals surface area contributed by atoms with Crippen LogP contribution in [0.5, 0.6) is 0 Å². The fraction of sp³-hybridized carbons (Fsp3) is 0.900. The number of nitrogens with one attached hydrogen (secondary N) is 1. The van der Waals surface area contributed by atoms with Crippen molar-refractivity contribution in [3.63, 3.8) is 0 Å². The third-order valence-electron chi connectivity index (χ3n) is 1.40. The summed E-state index contributed by atoms with van der Waals surface area (Å²) in [4.78, 5) is 13.3. The molecule has 84 valence electrons. The monoisotopic (exact) mass is 202 g/mol. The SMILES string of the molecule is C[C@@H](CN(C)C)NC(=O)OC(C)(C)C. The highest BCUT2D eigenvalue weighted by Crippen LogP contribution is 2.06. The molecular formula is C10H22N2O2. The van der Waals surface area contributed by atoms with Crippen LogP contribution in [0.15, 0.2) is 0 Å². The van der Waals surface area contributed by atoms with Crippen LogP contribution >= 0.6 is 0 Å². The Labute approximate surface area is 86.6 Å². The Bertz CT molecular complexity index is 185. The fourth-order valence-electron chi connectivity index (χ4n) is 1.10. The Hall–Kier alpha value is -0.770. The van der Waals surface area contributed by atoms with E-state index in [0.717, 1.165) is 6.54 Å². The number of carbonyl (C=O) groups is 1. The number of nitrogens with zero attached hydrogens (tertiary/aromatic N) is 1. The fourth-order valence-corrected chi connectivity index (χ4v) is 1.10. The second-order valence-corrected chi connectivity index (χ2v) is 4.81. The molecular weight excluding hydrogens is 180 g/mol. The standard InChI is InChI=1S/C10H22N2O2/c1-8(7-12(5)6)11-9(13)14-10(2,3)4/h8H,7H2,1-6H3,(H,11,13)/t8-/m0/s1. The minimum Gasteiger partial charge on any atom is -0.444 e. The first-order chi connectivity index (χ1) is 6.20. The molecule has 0 radical (unpaired) electrons. The van der Waals surface area contributed by atoms with Gasteiger partial charge in [-0.3, -0.25) is 0 Å². The van der Waals surface area contributed by atoms with Crippen molar-refractivity contribution >= 4 is 6.09 Å². The highest BCUT2D eigenvalue weighted by molar-refractivity contribution is 5.68. The molecule has 14 heavy (non-hydrogen) atoms. The van der Waals surface area contributed by atoms with E-state index in [1.54, 1.807) is 0 Å². The number of carbonyl (C=O) groups excluding carboxylic acids is 1. The van der Waals surface area contributed by atoms with Crippen molar-refractivity contribution < 1.29 is 9.53 Å². The summed E-state index contributed by atoms with van der Waals surface area (Å²) in [5.74, 6) is 0. The number of alkyl carbamates (subject to hydrolysis) is 1. The molecule has 0 saturated carbocycles. The summed E-state index contributed by atoms with van der Waals surface area (Å²) in [5, 5.41) is 2.76. The van der Waals surface area contributed by atoms with Crippen molar-refractivity contribution in [3.05, 3.63) is 0 Å². The van der Waals surface area contributed by atoms with E-state index >= 15 is 0 Å². The maximum absolute atomic E-state index is 11.3. The molecule has 0 unspecified atom stereocenters. The molecule has 4 heteroatoms. The molecule has 4 nitrogen and oxygen atoms in total. The Morgan fingerprint density at radius 2 is 1.93 bits per heavy atom. The number of amides is 1. The van der Waals surface area contributed by atoms with Crippen LogP contribution < -0.4 is 5.32 Å². The Morgan fingerprint density at radius 1 is 1.43 bits per heavy atom. The smallest absolute Gasteiger partial charge is 0.407 e. The van der Waals surface area contributed by atoms with Gasteiger partial charge in [-0.15, -0.1) is 0 Å². The van der Waals surface area contributed by atoms with Crippen LogP contribution in [0, 0.1) is 0 Å². The second-order valence-electron chi connectivity index (χ2n) is 4.81. The summed E-state index contributed by atoms with van der Waals surface area (Å²) in [7, 11) is 3.93. The number of hydrogen-bond donors (Lipinski definition) is 1. The van der Waals surface area contributed by atoms with Gasteiger partial charge in [0.05, 0.1) is 0 Å². The van der Waals surface area contributed by atoms with Crippen molar-refractivity contribution in [2.45, 2.75) is 39.3 Å². The van der Waals surface area contributed by atoms with Crippen molar-refractivity contribution in [3.8, 4) is 0 Å². The van der Waals surface area contributed by atoms with Gasteiger partial charge in [-0.2, -0.15) is 0 Å². The summed E-state index contributed by atoms with van der Waals surface area (Å²) in [6.07, 6.45) is -0.355. The van der Waals surface area contributed by atoms with Crippen LogP contribution in [-0.2, 0) is 4.74 Å². The Morgan fingerprint density at radius 3 is 2.29 bits per heavy atom. The van der Waals surface area contributed by atoms with Crippen LogP contribution in [0.1, 0.15) is 27.7 Å². The quantitative estimate of drug-likeness (QED) is 0.753. The molecule has 0 aromatic heterocycles. The molecule has 0 aliphatic rings. The van der Waals surface area contributed by atoms with Gasteiger partial charge in [0.15, 0.2) is 0 Å². The summed E-state index contributed by atoms with van der Waals surface area (Å²) >= 11 is 0. The van der Waals surface area contributed by atoms with Gasteiger partial charge in [0.2, 0.25) is 0 Å². The van der Waals surface area contributed by atoms with Gasteiger partial charge in [0.25, 0.3) is 0 Å². The van der Waals surface area contributed by atoms with Gasteiger partial charge in [-0.25, -0.2) is 4.79 Å². The zero-order valence-corrected chi connectivity index (χ0v) is 10.0. The molecule has 0 saturated heterocycles. The molecule has 0 aliphatic carbocycles. The van der Waals surface area contributed by atoms with Crippen molar-refractivity contribution in [2.75, 3.05) is 20.6 Å². The third kappa shape index (κ3) is 7.86. The van der Waals surface area contributed by atoms with E-state index in [-0.39, 0.29) is 12.1 Å². The van der Waals surface area contributed by atoms with Crippen LogP contribution in [0.2, 0.25) is 0 Å². The highest BCUT2D eigenvalue weighted by atomic mass is 16.6. The minimum absolute atomic E-state index is 0.0971. The summed E-state index contributed by atoms with van der Waals surface area (Å²) in [6.45, 7) is 8.30. The molecule has 0 spiro atoms. The maximum atomic E-state index is 11.3.